The highest BCUT2D eigenvalue weighted by Gasteiger charge is 2.55. The first-order valence-corrected chi connectivity index (χ1v) is 7.89. The zero-order chi connectivity index (χ0) is 11.7. The SMILES string of the molecule is c1cc2c3c(c1)ccc[n+]3[C@@H]1[C@H]3CC[C@@H](C3)[C@H]1S2. The van der Waals surface area contributed by atoms with Crippen LogP contribution in [0.25, 0.3) is 10.9 Å². The Bertz CT molecular complexity index is 645. The molecule has 2 aliphatic carbocycles. The molecule has 2 fully saturated rings. The van der Waals surface area contributed by atoms with Gasteiger partial charge in [-0.25, -0.2) is 0 Å². The van der Waals surface area contributed by atoms with E-state index < -0.39 is 0 Å². The quantitative estimate of drug-likeness (QED) is 0.650. The molecule has 1 aromatic carbocycles. The highest BCUT2D eigenvalue weighted by atomic mass is 32.2. The second-order valence-electron chi connectivity index (χ2n) is 6.02. The highest BCUT2D eigenvalue weighted by Crippen LogP contribution is 2.57. The van der Waals surface area contributed by atoms with Crippen LogP contribution in [0, 0.1) is 11.8 Å². The Morgan fingerprint density at radius 1 is 1.06 bits per heavy atom. The van der Waals surface area contributed by atoms with Gasteiger partial charge in [-0.1, -0.05) is 6.07 Å². The largest absolute Gasteiger partial charge is 0.226 e. The van der Waals surface area contributed by atoms with Crippen molar-refractivity contribution in [2.45, 2.75) is 35.4 Å². The minimum Gasteiger partial charge on any atom is -0.193 e. The molecule has 2 bridgehead atoms. The van der Waals surface area contributed by atoms with Crippen molar-refractivity contribution in [1.82, 2.24) is 0 Å². The predicted octanol–water partition coefficient (Wildman–Crippen LogP) is 3.57. The Kier molecular flexibility index (Phi) is 1.80. The summed E-state index contributed by atoms with van der Waals surface area (Å²) in [6.45, 7) is 0. The van der Waals surface area contributed by atoms with E-state index >= 15 is 0 Å². The van der Waals surface area contributed by atoms with Crippen LogP contribution in [0.4, 0.5) is 0 Å². The zero-order valence-corrected chi connectivity index (χ0v) is 11.1. The topological polar surface area (TPSA) is 3.88 Å². The molecule has 1 aromatic heterocycles. The lowest BCUT2D eigenvalue weighted by molar-refractivity contribution is -0.705. The number of nitrogens with zero attached hydrogens (tertiary/aromatic N) is 1. The van der Waals surface area contributed by atoms with Crippen LogP contribution in [0.1, 0.15) is 25.3 Å². The molecule has 90 valence electrons. The van der Waals surface area contributed by atoms with Crippen LogP contribution in [-0.4, -0.2) is 5.25 Å². The lowest BCUT2D eigenvalue weighted by atomic mass is 9.93. The number of benzene rings is 1. The first-order chi connectivity index (χ1) is 8.92. The molecule has 3 aliphatic rings. The van der Waals surface area contributed by atoms with E-state index in [9.17, 15) is 0 Å². The van der Waals surface area contributed by atoms with Crippen LogP contribution in [-0.2, 0) is 0 Å². The molecule has 2 heterocycles. The predicted molar refractivity (Wildman–Crippen MR) is 73.7 cm³/mol. The zero-order valence-electron chi connectivity index (χ0n) is 10.3. The molecule has 0 unspecified atom stereocenters. The average molecular weight is 254 g/mol. The van der Waals surface area contributed by atoms with Gasteiger partial charge in [0.05, 0.1) is 10.1 Å². The third-order valence-electron chi connectivity index (χ3n) is 5.19. The van der Waals surface area contributed by atoms with E-state index in [1.165, 1.54) is 35.1 Å². The van der Waals surface area contributed by atoms with Crippen molar-refractivity contribution >= 4 is 22.7 Å². The maximum absolute atomic E-state index is 2.61. The number of aromatic nitrogens is 1. The molecule has 0 radical (unpaired) electrons. The van der Waals surface area contributed by atoms with Crippen molar-refractivity contribution in [3.63, 3.8) is 0 Å². The molecular weight excluding hydrogens is 238 g/mol. The number of rotatable bonds is 0. The summed E-state index contributed by atoms with van der Waals surface area (Å²) in [5.41, 5.74) is 1.49. The van der Waals surface area contributed by atoms with Crippen LogP contribution >= 0.6 is 11.8 Å². The van der Waals surface area contributed by atoms with Gasteiger partial charge in [0.2, 0.25) is 5.52 Å². The van der Waals surface area contributed by atoms with Gasteiger partial charge in [-0.3, -0.25) is 0 Å². The Morgan fingerprint density at radius 2 is 1.94 bits per heavy atom. The Hall–Kier alpha value is -1.02. The Morgan fingerprint density at radius 3 is 2.94 bits per heavy atom. The van der Waals surface area contributed by atoms with Crippen LogP contribution < -0.4 is 4.57 Å². The van der Waals surface area contributed by atoms with E-state index in [-0.39, 0.29) is 0 Å². The third kappa shape index (κ3) is 1.08. The lowest BCUT2D eigenvalue weighted by Gasteiger charge is -2.30. The average Bonchev–Trinajstić information content (AvgIpc) is 3.01. The smallest absolute Gasteiger partial charge is 0.193 e. The van der Waals surface area contributed by atoms with Crippen molar-refractivity contribution in [2.24, 2.45) is 11.8 Å². The van der Waals surface area contributed by atoms with E-state index in [1.54, 1.807) is 0 Å². The Balaban J connectivity index is 1.83. The van der Waals surface area contributed by atoms with E-state index in [1.807, 2.05) is 0 Å². The fourth-order valence-electron chi connectivity index (χ4n) is 4.51. The van der Waals surface area contributed by atoms with E-state index in [0.29, 0.717) is 0 Å². The van der Waals surface area contributed by atoms with E-state index in [0.717, 1.165) is 23.1 Å². The molecular formula is C16H16NS+. The minimum absolute atomic E-state index is 0.771. The summed E-state index contributed by atoms with van der Waals surface area (Å²) in [4.78, 5) is 1.50. The van der Waals surface area contributed by atoms with Crippen LogP contribution in [0.2, 0.25) is 0 Å². The third-order valence-corrected chi connectivity index (χ3v) is 6.71. The summed E-state index contributed by atoms with van der Waals surface area (Å²) < 4.78 is 2.61. The molecule has 2 heteroatoms. The molecule has 4 atom stereocenters. The summed E-state index contributed by atoms with van der Waals surface area (Å²) in [5, 5.41) is 2.25. The highest BCUT2D eigenvalue weighted by molar-refractivity contribution is 8.00. The maximum Gasteiger partial charge on any atom is 0.226 e. The van der Waals surface area contributed by atoms with Gasteiger partial charge in [-0.15, -0.1) is 11.8 Å². The number of hydrogen-bond donors (Lipinski definition) is 0. The van der Waals surface area contributed by atoms with Crippen molar-refractivity contribution in [1.29, 1.82) is 0 Å². The van der Waals surface area contributed by atoms with Gasteiger partial charge in [0.25, 0.3) is 0 Å². The summed E-state index contributed by atoms with van der Waals surface area (Å²) in [5.74, 6) is 1.91. The van der Waals surface area contributed by atoms with Gasteiger partial charge in [-0.05, 0) is 43.4 Å². The van der Waals surface area contributed by atoms with Gasteiger partial charge in [0.1, 0.15) is 0 Å². The van der Waals surface area contributed by atoms with Gasteiger partial charge >= 0.3 is 0 Å². The summed E-state index contributed by atoms with van der Waals surface area (Å²) in [6.07, 6.45) is 6.72. The molecule has 2 saturated carbocycles. The number of para-hydroxylation sites is 1. The minimum atomic E-state index is 0.771. The monoisotopic (exact) mass is 254 g/mol. The molecule has 18 heavy (non-hydrogen) atoms. The van der Waals surface area contributed by atoms with Gasteiger partial charge in [0.15, 0.2) is 12.2 Å². The molecule has 0 saturated heterocycles. The van der Waals surface area contributed by atoms with Crippen LogP contribution in [0.15, 0.2) is 41.4 Å². The standard InChI is InChI=1S/C16H16NS/c1-3-10-4-2-8-17-14(10)13(5-1)18-16-12-7-6-11(9-12)15(16)17/h1-5,8,11-12,15-16H,6-7,9H2/q+1/t11-,12-,15+,16+/m0/s1. The van der Waals surface area contributed by atoms with Crippen LogP contribution in [0.3, 0.4) is 0 Å². The van der Waals surface area contributed by atoms with Crippen molar-refractivity contribution in [2.75, 3.05) is 0 Å². The lowest BCUT2D eigenvalue weighted by Crippen LogP contribution is -2.50. The summed E-state index contributed by atoms with van der Waals surface area (Å²) in [7, 11) is 0. The summed E-state index contributed by atoms with van der Waals surface area (Å²) >= 11 is 2.16. The molecule has 1 nitrogen and oxygen atoms in total. The van der Waals surface area contributed by atoms with Gasteiger partial charge in [-0.2, -0.15) is 4.57 Å². The fraction of sp³-hybridized carbons (Fsp3) is 0.438. The normalized spacial score (nSPS) is 36.0. The number of fused-ring (bicyclic) bond motifs is 6. The summed E-state index contributed by atoms with van der Waals surface area (Å²) in [6, 6.07) is 12.0. The van der Waals surface area contributed by atoms with Crippen LogP contribution in [0.5, 0.6) is 0 Å². The first-order valence-electron chi connectivity index (χ1n) is 7.01. The number of thioether (sulfide) groups is 1. The van der Waals surface area contributed by atoms with E-state index in [4.69, 9.17) is 0 Å². The van der Waals surface area contributed by atoms with Crippen molar-refractivity contribution in [3.05, 3.63) is 36.5 Å². The maximum atomic E-state index is 2.61. The number of pyridine rings is 1. The Labute approximate surface area is 111 Å². The molecule has 5 rings (SSSR count). The van der Waals surface area contributed by atoms with Gasteiger partial charge < -0.3 is 0 Å². The molecule has 0 amide bonds. The molecule has 2 aromatic rings. The fourth-order valence-corrected chi connectivity index (χ4v) is 6.23. The van der Waals surface area contributed by atoms with Crippen molar-refractivity contribution < 1.29 is 4.57 Å². The first kappa shape index (κ1) is 9.85. The number of hydrogen-bond acceptors (Lipinski definition) is 1. The van der Waals surface area contributed by atoms with E-state index in [2.05, 4.69) is 52.9 Å². The molecule has 0 spiro atoms. The van der Waals surface area contributed by atoms with Crippen molar-refractivity contribution in [3.8, 4) is 0 Å². The second kappa shape index (κ2) is 3.30. The molecule has 0 N–H and O–H groups in total. The molecule has 1 aliphatic heterocycles. The van der Waals surface area contributed by atoms with Gasteiger partial charge in [0, 0.05) is 17.4 Å². The second-order valence-corrected chi connectivity index (χ2v) is 7.24.